The van der Waals surface area contributed by atoms with Gasteiger partial charge in [0.1, 0.15) is 17.9 Å². The minimum atomic E-state index is -2.39. The molecule has 1 aliphatic carbocycles. The number of amides is 1. The monoisotopic (exact) mass is 900 g/mol. The normalized spacial score (nSPS) is 39.5. The molecule has 5 N–H and O–H groups in total. The third-order valence-electron chi connectivity index (χ3n) is 14.7. The summed E-state index contributed by atoms with van der Waals surface area (Å²) in [5.41, 5.74) is 1.45. The molecule has 0 aromatic heterocycles. The van der Waals surface area contributed by atoms with Crippen LogP contribution < -0.4 is 0 Å². The molecule has 3 heterocycles. The molecule has 4 aliphatic rings. The zero-order valence-electron chi connectivity index (χ0n) is 39.9. The maximum atomic E-state index is 14.3. The maximum absolute atomic E-state index is 14.3. The molecule has 3 aliphatic heterocycles. The number of hydrogen-bond donors (Lipinski definition) is 5. The molecule has 0 unspecified atom stereocenters. The first-order chi connectivity index (χ1) is 30.3. The Morgan fingerprint density at radius 2 is 1.58 bits per heavy atom. The fourth-order valence-electron chi connectivity index (χ4n) is 10.5. The number of ketones is 2. The van der Waals surface area contributed by atoms with Gasteiger partial charge in [0.15, 0.2) is 0 Å². The van der Waals surface area contributed by atoms with Crippen molar-refractivity contribution >= 4 is 23.4 Å². The molecule has 0 aromatic carbocycles. The Balaban J connectivity index is 1.67. The molecule has 13 nitrogen and oxygen atoms in total. The van der Waals surface area contributed by atoms with E-state index in [9.17, 15) is 44.7 Å². The number of nitrogens with zero attached hydrogens (tertiary/aromatic N) is 1. The number of methoxy groups -OCH3 is 1. The fourth-order valence-corrected chi connectivity index (χ4v) is 10.5. The SMILES string of the molecule is CO[C@H]1C[C@@H]2CC[C@@H](C)[C@](O)(O2)C(=O)C(=O)N2CCCC[C@H]2C(=O)O[C@H]([C@H](C)C[C@@H]2CC[C@@H](O)[C@H](CO)C2)CC[C@H](C)/C=C(\C)[C@@H](O)[C@@H](CO)C(=O)[C@H](C)C[C@H](C)/C=C/C=CC=C1C. The van der Waals surface area contributed by atoms with Gasteiger partial charge in [-0.2, -0.15) is 0 Å². The molecule has 1 saturated carbocycles. The number of aliphatic hydroxyl groups excluding tert-OH is 4. The van der Waals surface area contributed by atoms with Crippen molar-refractivity contribution in [1.29, 1.82) is 0 Å². The molecular formula is C51H81NO12. The van der Waals surface area contributed by atoms with Crippen LogP contribution in [0, 0.1) is 47.3 Å². The van der Waals surface area contributed by atoms with Crippen LogP contribution >= 0.6 is 0 Å². The molecule has 2 bridgehead atoms. The van der Waals surface area contributed by atoms with Crippen molar-refractivity contribution in [2.24, 2.45) is 47.3 Å². The van der Waals surface area contributed by atoms with Gasteiger partial charge in [0.05, 0.1) is 36.9 Å². The second-order valence-electron chi connectivity index (χ2n) is 20.0. The number of piperidine rings is 1. The van der Waals surface area contributed by atoms with E-state index in [0.29, 0.717) is 82.6 Å². The molecule has 15 atom stereocenters. The van der Waals surface area contributed by atoms with Crippen LogP contribution in [-0.2, 0) is 33.4 Å². The molecule has 64 heavy (non-hydrogen) atoms. The van der Waals surface area contributed by atoms with Crippen LogP contribution in [0.2, 0.25) is 0 Å². The first kappa shape index (κ1) is 53.6. The van der Waals surface area contributed by atoms with E-state index in [0.717, 1.165) is 12.0 Å². The van der Waals surface area contributed by atoms with Gasteiger partial charge in [-0.25, -0.2) is 4.79 Å². The topological polar surface area (TPSA) is 200 Å². The summed E-state index contributed by atoms with van der Waals surface area (Å²) in [4.78, 5) is 57.6. The third-order valence-corrected chi connectivity index (χ3v) is 14.7. The summed E-state index contributed by atoms with van der Waals surface area (Å²) in [5, 5.41) is 54.1. The fraction of sp³-hybridized carbons (Fsp3) is 0.765. The van der Waals surface area contributed by atoms with Crippen molar-refractivity contribution in [3.8, 4) is 0 Å². The number of fused-ring (bicyclic) bond motifs is 3. The number of rotatable bonds is 6. The van der Waals surface area contributed by atoms with Crippen molar-refractivity contribution in [2.45, 2.75) is 174 Å². The molecule has 0 spiro atoms. The summed E-state index contributed by atoms with van der Waals surface area (Å²) in [6.45, 7) is 12.8. The number of hydrogen-bond acceptors (Lipinski definition) is 12. The van der Waals surface area contributed by atoms with E-state index in [2.05, 4.69) is 0 Å². The predicted octanol–water partition coefficient (Wildman–Crippen LogP) is 6.19. The minimum Gasteiger partial charge on any atom is -0.461 e. The molecule has 1 amide bonds. The largest absolute Gasteiger partial charge is 0.461 e. The quantitative estimate of drug-likeness (QED) is 0.115. The van der Waals surface area contributed by atoms with E-state index in [1.54, 1.807) is 21.0 Å². The maximum Gasteiger partial charge on any atom is 0.329 e. The zero-order valence-corrected chi connectivity index (χ0v) is 39.9. The number of carbonyl (C=O) groups is 4. The summed E-state index contributed by atoms with van der Waals surface area (Å²) < 4.78 is 18.4. The molecule has 362 valence electrons. The van der Waals surface area contributed by atoms with Gasteiger partial charge in [0.25, 0.3) is 11.7 Å². The molecule has 0 aromatic rings. The van der Waals surface area contributed by atoms with Crippen molar-refractivity contribution in [3.63, 3.8) is 0 Å². The number of ether oxygens (including phenoxy) is 3. The van der Waals surface area contributed by atoms with Gasteiger partial charge in [-0.3, -0.25) is 14.4 Å². The Kier molecular flexibility index (Phi) is 21.1. The lowest BCUT2D eigenvalue weighted by Gasteiger charge is -2.42. The highest BCUT2D eigenvalue weighted by molar-refractivity contribution is 6.39. The summed E-state index contributed by atoms with van der Waals surface area (Å²) in [7, 11) is 1.58. The lowest BCUT2D eigenvalue weighted by molar-refractivity contribution is -0.265. The lowest BCUT2D eigenvalue weighted by atomic mass is 9.75. The van der Waals surface area contributed by atoms with Gasteiger partial charge in [-0.05, 0) is 126 Å². The smallest absolute Gasteiger partial charge is 0.329 e. The number of carbonyl (C=O) groups excluding carboxylic acids is 4. The summed E-state index contributed by atoms with van der Waals surface area (Å²) in [5.74, 6) is -7.61. The van der Waals surface area contributed by atoms with Crippen molar-refractivity contribution in [2.75, 3.05) is 26.9 Å². The first-order valence-corrected chi connectivity index (χ1v) is 24.1. The van der Waals surface area contributed by atoms with Crippen LogP contribution in [0.5, 0.6) is 0 Å². The highest BCUT2D eigenvalue weighted by atomic mass is 16.6. The van der Waals surface area contributed by atoms with E-state index in [4.69, 9.17) is 14.2 Å². The second kappa shape index (κ2) is 25.2. The Bertz CT molecular complexity index is 1670. The van der Waals surface area contributed by atoms with Crippen LogP contribution in [0.4, 0.5) is 0 Å². The van der Waals surface area contributed by atoms with Crippen LogP contribution in [-0.4, -0.2) is 123 Å². The van der Waals surface area contributed by atoms with E-state index in [-0.39, 0.29) is 48.5 Å². The molecule has 3 fully saturated rings. The highest BCUT2D eigenvalue weighted by Crippen LogP contribution is 2.38. The lowest BCUT2D eigenvalue weighted by Crippen LogP contribution is -2.61. The summed E-state index contributed by atoms with van der Waals surface area (Å²) in [6.07, 6.45) is 15.2. The van der Waals surface area contributed by atoms with Crippen LogP contribution in [0.3, 0.4) is 0 Å². The number of esters is 1. The average molecular weight is 900 g/mol. The number of Topliss-reactive ketones (excluding diaryl/α,β-unsaturated/α-hetero) is 2. The Labute approximate surface area is 382 Å². The van der Waals surface area contributed by atoms with Crippen molar-refractivity contribution in [1.82, 2.24) is 4.90 Å². The van der Waals surface area contributed by atoms with E-state index < -0.39 is 84.4 Å². The van der Waals surface area contributed by atoms with Crippen molar-refractivity contribution < 1.29 is 58.9 Å². The van der Waals surface area contributed by atoms with E-state index in [1.165, 1.54) is 4.90 Å². The first-order valence-electron chi connectivity index (χ1n) is 24.1. The van der Waals surface area contributed by atoms with Crippen LogP contribution in [0.15, 0.2) is 47.6 Å². The van der Waals surface area contributed by atoms with Crippen molar-refractivity contribution in [3.05, 3.63) is 47.6 Å². The van der Waals surface area contributed by atoms with Gasteiger partial charge in [-0.1, -0.05) is 71.1 Å². The predicted molar refractivity (Wildman–Crippen MR) is 244 cm³/mol. The number of allylic oxidation sites excluding steroid dienone is 6. The van der Waals surface area contributed by atoms with Gasteiger partial charge in [-0.15, -0.1) is 0 Å². The van der Waals surface area contributed by atoms with Gasteiger partial charge < -0.3 is 44.6 Å². The zero-order chi connectivity index (χ0) is 47.3. The standard InChI is InChI=1S/C51H81NO12/c1-31-14-10-9-11-15-33(3)45(62-8)28-40-20-18-37(7)51(61,64-40)48(58)49(59)52-23-13-12-16-42(52)50(60)63-44(34(4)26-38-19-21-43(55)39(27-38)29-53)22-17-32(2)25-36(6)47(57)41(30-54)46(56)35(5)24-31/h9-11,14-15,25,31-32,34-35,37-45,47,53-55,57,61H,12-13,16-24,26-30H2,1-8H3/b11-9?,14-10+,33-15?,36-25+/t31-,32+,34-,35-,37-,38+,39+,40+,41+,42+,43-,44+,45+,47-,51+/m1/s1. The molecule has 0 radical (unpaired) electrons. The third kappa shape index (κ3) is 14.2. The molecule has 2 saturated heterocycles. The van der Waals surface area contributed by atoms with Crippen LogP contribution in [0.25, 0.3) is 0 Å². The van der Waals surface area contributed by atoms with Gasteiger partial charge >= 0.3 is 5.97 Å². The highest BCUT2D eigenvalue weighted by Gasteiger charge is 2.53. The molecule has 13 heteroatoms. The Morgan fingerprint density at radius 1 is 0.844 bits per heavy atom. The Hall–Kier alpha value is -3.04. The summed E-state index contributed by atoms with van der Waals surface area (Å²) >= 11 is 0. The van der Waals surface area contributed by atoms with E-state index in [1.807, 2.05) is 71.1 Å². The second-order valence-corrected chi connectivity index (χ2v) is 20.0. The summed E-state index contributed by atoms with van der Waals surface area (Å²) in [6, 6.07) is -1.04. The number of cyclic esters (lactones) is 1. The number of aliphatic hydroxyl groups is 5. The molecular weight excluding hydrogens is 819 g/mol. The average Bonchev–Trinajstić information content (AvgIpc) is 3.27. The van der Waals surface area contributed by atoms with Gasteiger partial charge in [0, 0.05) is 44.4 Å². The Morgan fingerprint density at radius 3 is 2.27 bits per heavy atom. The van der Waals surface area contributed by atoms with E-state index >= 15 is 0 Å². The minimum absolute atomic E-state index is 0.0368. The molecule has 4 rings (SSSR count). The van der Waals surface area contributed by atoms with Gasteiger partial charge in [0.2, 0.25) is 5.79 Å². The van der Waals surface area contributed by atoms with Crippen LogP contribution in [0.1, 0.15) is 132 Å².